The van der Waals surface area contributed by atoms with Crippen LogP contribution in [0.5, 0.6) is 0 Å². The Hall–Kier alpha value is -3.60. The van der Waals surface area contributed by atoms with Crippen LogP contribution in [-0.4, -0.2) is 26.8 Å². The van der Waals surface area contributed by atoms with Gasteiger partial charge in [0, 0.05) is 22.5 Å². The summed E-state index contributed by atoms with van der Waals surface area (Å²) in [6.07, 6.45) is 1.56. The summed E-state index contributed by atoms with van der Waals surface area (Å²) in [4.78, 5) is 33.2. The van der Waals surface area contributed by atoms with Gasteiger partial charge in [0.05, 0.1) is 16.6 Å². The lowest BCUT2D eigenvalue weighted by Gasteiger charge is -2.08. The molecule has 4 aromatic rings. The standard InChI is InChI=1S/C20H12N2O3/c23-19(14-9-10-21-16-7-3-1-5-12(14)16)18-11-15(20(24)25)13-6-2-4-8-17(13)22-18/h1-11H,(H,24,25). The van der Waals surface area contributed by atoms with E-state index in [9.17, 15) is 14.7 Å². The molecule has 5 nitrogen and oxygen atoms in total. The number of fused-ring (bicyclic) bond motifs is 2. The smallest absolute Gasteiger partial charge is 0.336 e. The molecule has 0 radical (unpaired) electrons. The summed E-state index contributed by atoms with van der Waals surface area (Å²) in [6, 6.07) is 17.2. The molecule has 0 spiro atoms. The third-order valence-corrected chi connectivity index (χ3v) is 4.07. The molecule has 0 bridgehead atoms. The molecule has 1 N–H and O–H groups in total. The van der Waals surface area contributed by atoms with E-state index >= 15 is 0 Å². The second-order valence-corrected chi connectivity index (χ2v) is 5.58. The average molecular weight is 328 g/mol. The molecule has 0 saturated heterocycles. The van der Waals surface area contributed by atoms with Crippen molar-refractivity contribution in [2.45, 2.75) is 0 Å². The van der Waals surface area contributed by atoms with Gasteiger partial charge < -0.3 is 5.11 Å². The van der Waals surface area contributed by atoms with Crippen LogP contribution in [0, 0.1) is 0 Å². The summed E-state index contributed by atoms with van der Waals surface area (Å²) in [5, 5.41) is 10.7. The molecule has 4 rings (SSSR count). The maximum Gasteiger partial charge on any atom is 0.336 e. The van der Waals surface area contributed by atoms with Gasteiger partial charge in [-0.1, -0.05) is 36.4 Å². The molecule has 5 heteroatoms. The summed E-state index contributed by atoms with van der Waals surface area (Å²) in [7, 11) is 0. The maximum atomic E-state index is 13.0. The summed E-state index contributed by atoms with van der Waals surface area (Å²) in [6.45, 7) is 0. The Balaban J connectivity index is 1.95. The van der Waals surface area contributed by atoms with Crippen molar-refractivity contribution in [3.63, 3.8) is 0 Å². The Morgan fingerprint density at radius 1 is 0.800 bits per heavy atom. The highest BCUT2D eigenvalue weighted by molar-refractivity contribution is 6.16. The Bertz CT molecular complexity index is 1150. The van der Waals surface area contributed by atoms with Crippen LogP contribution >= 0.6 is 0 Å². The lowest BCUT2D eigenvalue weighted by molar-refractivity contribution is 0.0699. The second-order valence-electron chi connectivity index (χ2n) is 5.58. The van der Waals surface area contributed by atoms with Crippen LogP contribution in [-0.2, 0) is 0 Å². The van der Waals surface area contributed by atoms with Crippen LogP contribution in [0.3, 0.4) is 0 Å². The van der Waals surface area contributed by atoms with E-state index in [0.717, 1.165) is 0 Å². The van der Waals surface area contributed by atoms with Crippen molar-refractivity contribution in [3.05, 3.63) is 83.7 Å². The van der Waals surface area contributed by atoms with E-state index in [1.165, 1.54) is 6.07 Å². The van der Waals surface area contributed by atoms with Gasteiger partial charge in [-0.15, -0.1) is 0 Å². The number of aromatic carboxylic acids is 1. The first-order valence-corrected chi connectivity index (χ1v) is 7.66. The van der Waals surface area contributed by atoms with E-state index in [4.69, 9.17) is 0 Å². The van der Waals surface area contributed by atoms with E-state index in [0.29, 0.717) is 27.4 Å². The van der Waals surface area contributed by atoms with Crippen molar-refractivity contribution in [3.8, 4) is 0 Å². The number of rotatable bonds is 3. The quantitative estimate of drug-likeness (QED) is 0.580. The van der Waals surface area contributed by atoms with E-state index in [1.807, 2.05) is 24.3 Å². The van der Waals surface area contributed by atoms with Crippen molar-refractivity contribution < 1.29 is 14.7 Å². The van der Waals surface area contributed by atoms with Crippen molar-refractivity contribution in [2.75, 3.05) is 0 Å². The molecule has 0 amide bonds. The minimum Gasteiger partial charge on any atom is -0.478 e. The number of para-hydroxylation sites is 2. The molecule has 0 aliphatic rings. The van der Waals surface area contributed by atoms with Crippen molar-refractivity contribution in [1.82, 2.24) is 9.97 Å². The highest BCUT2D eigenvalue weighted by Gasteiger charge is 2.18. The zero-order valence-corrected chi connectivity index (χ0v) is 13.0. The molecular weight excluding hydrogens is 316 g/mol. The van der Waals surface area contributed by atoms with Gasteiger partial charge in [0.15, 0.2) is 0 Å². The summed E-state index contributed by atoms with van der Waals surface area (Å²) in [5.74, 6) is -1.42. The van der Waals surface area contributed by atoms with Gasteiger partial charge in [-0.3, -0.25) is 9.78 Å². The van der Waals surface area contributed by atoms with Crippen LogP contribution in [0.15, 0.2) is 66.9 Å². The number of ketones is 1. The fourth-order valence-corrected chi connectivity index (χ4v) is 2.90. The van der Waals surface area contributed by atoms with E-state index in [-0.39, 0.29) is 17.0 Å². The Morgan fingerprint density at radius 2 is 1.44 bits per heavy atom. The van der Waals surface area contributed by atoms with Crippen molar-refractivity contribution in [1.29, 1.82) is 0 Å². The number of aromatic nitrogens is 2. The molecule has 120 valence electrons. The van der Waals surface area contributed by atoms with Crippen LogP contribution in [0.4, 0.5) is 0 Å². The van der Waals surface area contributed by atoms with Gasteiger partial charge in [0.2, 0.25) is 5.78 Å². The second kappa shape index (κ2) is 5.79. The number of hydrogen-bond acceptors (Lipinski definition) is 4. The number of hydrogen-bond donors (Lipinski definition) is 1. The molecule has 0 atom stereocenters. The Morgan fingerprint density at radius 3 is 2.16 bits per heavy atom. The molecule has 2 aromatic carbocycles. The predicted molar refractivity (Wildman–Crippen MR) is 93.9 cm³/mol. The van der Waals surface area contributed by atoms with E-state index in [2.05, 4.69) is 9.97 Å². The Kier molecular flexibility index (Phi) is 3.47. The topological polar surface area (TPSA) is 80.1 Å². The number of carboxylic acids is 1. The maximum absolute atomic E-state index is 13.0. The third kappa shape index (κ3) is 2.52. The average Bonchev–Trinajstić information content (AvgIpc) is 2.66. The molecule has 0 aliphatic heterocycles. The van der Waals surface area contributed by atoms with Crippen molar-refractivity contribution in [2.24, 2.45) is 0 Å². The zero-order valence-electron chi connectivity index (χ0n) is 13.0. The molecule has 0 fully saturated rings. The first-order chi connectivity index (χ1) is 12.1. The number of pyridine rings is 2. The molecule has 2 heterocycles. The van der Waals surface area contributed by atoms with Crippen LogP contribution < -0.4 is 0 Å². The third-order valence-electron chi connectivity index (χ3n) is 4.07. The molecule has 0 aliphatic carbocycles. The zero-order chi connectivity index (χ0) is 17.4. The highest BCUT2D eigenvalue weighted by atomic mass is 16.4. The first-order valence-electron chi connectivity index (χ1n) is 7.66. The van der Waals surface area contributed by atoms with Gasteiger partial charge in [-0.05, 0) is 24.3 Å². The van der Waals surface area contributed by atoms with Crippen LogP contribution in [0.1, 0.15) is 26.4 Å². The minimum absolute atomic E-state index is 0.0623. The normalized spacial score (nSPS) is 10.9. The van der Waals surface area contributed by atoms with Crippen molar-refractivity contribution >= 4 is 33.6 Å². The van der Waals surface area contributed by atoms with Crippen LogP contribution in [0.2, 0.25) is 0 Å². The summed E-state index contributed by atoms with van der Waals surface area (Å²) in [5.41, 5.74) is 1.79. The minimum atomic E-state index is -1.09. The predicted octanol–water partition coefficient (Wildman–Crippen LogP) is 3.71. The molecule has 0 unspecified atom stereocenters. The monoisotopic (exact) mass is 328 g/mol. The van der Waals surface area contributed by atoms with Crippen LogP contribution in [0.25, 0.3) is 21.8 Å². The number of carbonyl (C=O) groups is 2. The number of carboxylic acid groups (broad SMARTS) is 1. The Labute approximate surface area is 142 Å². The van der Waals surface area contributed by atoms with E-state index < -0.39 is 5.97 Å². The lowest BCUT2D eigenvalue weighted by atomic mass is 10.0. The van der Waals surface area contributed by atoms with Gasteiger partial charge in [0.1, 0.15) is 5.69 Å². The van der Waals surface area contributed by atoms with Gasteiger partial charge in [0.25, 0.3) is 0 Å². The number of nitrogens with zero attached hydrogens (tertiary/aromatic N) is 2. The fourth-order valence-electron chi connectivity index (χ4n) is 2.90. The molecule has 2 aromatic heterocycles. The summed E-state index contributed by atoms with van der Waals surface area (Å²) >= 11 is 0. The molecule has 0 saturated carbocycles. The number of carbonyl (C=O) groups excluding carboxylic acids is 1. The van der Waals surface area contributed by atoms with E-state index in [1.54, 1.807) is 36.5 Å². The highest BCUT2D eigenvalue weighted by Crippen LogP contribution is 2.23. The van der Waals surface area contributed by atoms with Gasteiger partial charge in [-0.25, -0.2) is 9.78 Å². The largest absolute Gasteiger partial charge is 0.478 e. The number of benzene rings is 2. The SMILES string of the molecule is O=C(O)c1cc(C(=O)c2ccnc3ccccc23)nc2ccccc12. The van der Waals surface area contributed by atoms with Gasteiger partial charge >= 0.3 is 5.97 Å². The lowest BCUT2D eigenvalue weighted by Crippen LogP contribution is -2.09. The first kappa shape index (κ1) is 15.0. The van der Waals surface area contributed by atoms with Gasteiger partial charge in [-0.2, -0.15) is 0 Å². The molecular formula is C20H12N2O3. The fraction of sp³-hybridized carbons (Fsp3) is 0. The molecule has 25 heavy (non-hydrogen) atoms. The summed E-state index contributed by atoms with van der Waals surface area (Å²) < 4.78 is 0.